The van der Waals surface area contributed by atoms with E-state index >= 15 is 0 Å². The molecular weight excluding hydrogens is 290 g/mol. The first-order valence-electron chi connectivity index (χ1n) is 8.64. The summed E-state index contributed by atoms with van der Waals surface area (Å²) in [6.07, 6.45) is 3.78. The third-order valence-electron chi connectivity index (χ3n) is 4.55. The summed E-state index contributed by atoms with van der Waals surface area (Å²) in [4.78, 5) is 0. The summed E-state index contributed by atoms with van der Waals surface area (Å²) in [7, 11) is 0. The summed E-state index contributed by atoms with van der Waals surface area (Å²) in [5.74, 6) is 0. The molecule has 0 radical (unpaired) electrons. The minimum atomic E-state index is -0.238. The Bertz CT molecular complexity index is 678. The second-order valence-corrected chi connectivity index (χ2v) is 6.67. The summed E-state index contributed by atoms with van der Waals surface area (Å²) in [6, 6.07) is 31.8. The van der Waals surface area contributed by atoms with Crippen molar-refractivity contribution in [2.75, 3.05) is 0 Å². The SMILES string of the molecule is NC(CCc1ccccc1)(Cc1ccccc1)Cc1ccccc1. The monoisotopic (exact) mass is 315 g/mol. The van der Waals surface area contributed by atoms with Crippen molar-refractivity contribution >= 4 is 0 Å². The first-order chi connectivity index (χ1) is 11.7. The van der Waals surface area contributed by atoms with Gasteiger partial charge in [-0.15, -0.1) is 0 Å². The van der Waals surface area contributed by atoms with E-state index in [-0.39, 0.29) is 5.54 Å². The summed E-state index contributed by atoms with van der Waals surface area (Å²) in [5.41, 5.74) is 10.6. The molecule has 0 unspecified atom stereocenters. The van der Waals surface area contributed by atoms with Crippen LogP contribution in [0.15, 0.2) is 91.0 Å². The Kier molecular flexibility index (Phi) is 5.45. The molecule has 0 spiro atoms. The van der Waals surface area contributed by atoms with E-state index < -0.39 is 0 Å². The fourth-order valence-corrected chi connectivity index (χ4v) is 3.28. The van der Waals surface area contributed by atoms with E-state index in [4.69, 9.17) is 5.73 Å². The fraction of sp³-hybridized carbons (Fsp3) is 0.217. The largest absolute Gasteiger partial charge is 0.324 e. The van der Waals surface area contributed by atoms with E-state index in [9.17, 15) is 0 Å². The second kappa shape index (κ2) is 7.94. The molecule has 2 N–H and O–H groups in total. The molecule has 1 heteroatoms. The Morgan fingerprint density at radius 2 is 0.917 bits per heavy atom. The van der Waals surface area contributed by atoms with E-state index in [2.05, 4.69) is 91.0 Å². The smallest absolute Gasteiger partial charge is 0.0239 e. The van der Waals surface area contributed by atoms with Crippen molar-refractivity contribution in [3.63, 3.8) is 0 Å². The predicted octanol–water partition coefficient (Wildman–Crippen LogP) is 4.80. The molecule has 0 aliphatic carbocycles. The molecule has 0 heterocycles. The Morgan fingerprint density at radius 3 is 1.33 bits per heavy atom. The first kappa shape index (κ1) is 16.5. The number of aryl methyl sites for hydroxylation is 1. The zero-order chi connectivity index (χ0) is 16.7. The molecule has 0 amide bonds. The topological polar surface area (TPSA) is 26.0 Å². The molecule has 3 aromatic rings. The fourth-order valence-electron chi connectivity index (χ4n) is 3.28. The van der Waals surface area contributed by atoms with Gasteiger partial charge in [0.2, 0.25) is 0 Å². The molecule has 0 aromatic heterocycles. The highest BCUT2D eigenvalue weighted by molar-refractivity contribution is 5.23. The highest BCUT2D eigenvalue weighted by Crippen LogP contribution is 2.22. The maximum absolute atomic E-state index is 6.91. The Labute approximate surface area is 145 Å². The molecule has 0 saturated carbocycles. The maximum atomic E-state index is 6.91. The average Bonchev–Trinajstić information content (AvgIpc) is 2.63. The van der Waals surface area contributed by atoms with Gasteiger partial charge in [-0.25, -0.2) is 0 Å². The van der Waals surface area contributed by atoms with Crippen LogP contribution in [-0.4, -0.2) is 5.54 Å². The lowest BCUT2D eigenvalue weighted by Gasteiger charge is -2.30. The third kappa shape index (κ3) is 4.81. The highest BCUT2D eigenvalue weighted by Gasteiger charge is 2.25. The van der Waals surface area contributed by atoms with Crippen molar-refractivity contribution in [1.82, 2.24) is 0 Å². The predicted molar refractivity (Wildman–Crippen MR) is 102 cm³/mol. The lowest BCUT2D eigenvalue weighted by molar-refractivity contribution is 0.387. The van der Waals surface area contributed by atoms with Gasteiger partial charge in [0.15, 0.2) is 0 Å². The van der Waals surface area contributed by atoms with Gasteiger partial charge in [-0.05, 0) is 42.4 Å². The number of hydrogen-bond acceptors (Lipinski definition) is 1. The molecule has 0 aliphatic heterocycles. The molecule has 0 saturated heterocycles. The minimum absolute atomic E-state index is 0.238. The van der Waals surface area contributed by atoms with Gasteiger partial charge in [-0.1, -0.05) is 91.0 Å². The van der Waals surface area contributed by atoms with E-state index in [1.807, 2.05) is 0 Å². The normalized spacial score (nSPS) is 11.4. The average molecular weight is 315 g/mol. The van der Waals surface area contributed by atoms with Gasteiger partial charge in [0.05, 0.1) is 0 Å². The first-order valence-corrected chi connectivity index (χ1v) is 8.64. The molecule has 24 heavy (non-hydrogen) atoms. The lowest BCUT2D eigenvalue weighted by atomic mass is 9.81. The van der Waals surface area contributed by atoms with Crippen molar-refractivity contribution in [1.29, 1.82) is 0 Å². The minimum Gasteiger partial charge on any atom is -0.324 e. The Hall–Kier alpha value is -2.38. The molecule has 3 aromatic carbocycles. The van der Waals surface area contributed by atoms with Crippen molar-refractivity contribution in [3.8, 4) is 0 Å². The zero-order valence-electron chi connectivity index (χ0n) is 14.1. The van der Waals surface area contributed by atoms with Crippen molar-refractivity contribution in [2.45, 2.75) is 31.2 Å². The van der Waals surface area contributed by atoms with Gasteiger partial charge in [0.25, 0.3) is 0 Å². The number of nitrogens with two attached hydrogens (primary N) is 1. The van der Waals surface area contributed by atoms with Crippen LogP contribution in [0.3, 0.4) is 0 Å². The van der Waals surface area contributed by atoms with E-state index in [1.165, 1.54) is 16.7 Å². The van der Waals surface area contributed by atoms with Crippen molar-refractivity contribution < 1.29 is 0 Å². The Balaban J connectivity index is 1.76. The van der Waals surface area contributed by atoms with E-state index in [0.717, 1.165) is 25.7 Å². The molecule has 0 atom stereocenters. The van der Waals surface area contributed by atoms with Crippen LogP contribution in [0, 0.1) is 0 Å². The van der Waals surface area contributed by atoms with Crippen LogP contribution in [0.25, 0.3) is 0 Å². The maximum Gasteiger partial charge on any atom is 0.0239 e. The number of hydrogen-bond donors (Lipinski definition) is 1. The van der Waals surface area contributed by atoms with Gasteiger partial charge in [0, 0.05) is 5.54 Å². The standard InChI is InChI=1S/C23H25N/c24-23(18-21-12-6-2-7-13-21,19-22-14-8-3-9-15-22)17-16-20-10-4-1-5-11-20/h1-15H,16-19,24H2. The van der Waals surface area contributed by atoms with Crippen molar-refractivity contribution in [3.05, 3.63) is 108 Å². The summed E-state index contributed by atoms with van der Waals surface area (Å²) in [5, 5.41) is 0. The molecule has 122 valence electrons. The van der Waals surface area contributed by atoms with Crippen LogP contribution < -0.4 is 5.73 Å². The lowest BCUT2D eigenvalue weighted by Crippen LogP contribution is -2.44. The van der Waals surface area contributed by atoms with E-state index in [0.29, 0.717) is 0 Å². The third-order valence-corrected chi connectivity index (χ3v) is 4.55. The van der Waals surface area contributed by atoms with Crippen LogP contribution in [0.4, 0.5) is 0 Å². The highest BCUT2D eigenvalue weighted by atomic mass is 14.7. The molecule has 0 aliphatic rings. The van der Waals surface area contributed by atoms with Crippen LogP contribution in [0.2, 0.25) is 0 Å². The van der Waals surface area contributed by atoms with Gasteiger partial charge in [-0.3, -0.25) is 0 Å². The van der Waals surface area contributed by atoms with Crippen LogP contribution in [-0.2, 0) is 19.3 Å². The number of rotatable bonds is 7. The van der Waals surface area contributed by atoms with Crippen molar-refractivity contribution in [2.24, 2.45) is 5.73 Å². The molecule has 3 rings (SSSR count). The van der Waals surface area contributed by atoms with Gasteiger partial charge in [0.1, 0.15) is 0 Å². The van der Waals surface area contributed by atoms with Gasteiger partial charge >= 0.3 is 0 Å². The zero-order valence-corrected chi connectivity index (χ0v) is 14.1. The van der Waals surface area contributed by atoms with Crippen LogP contribution >= 0.6 is 0 Å². The summed E-state index contributed by atoms with van der Waals surface area (Å²) in [6.45, 7) is 0. The van der Waals surface area contributed by atoms with Crippen LogP contribution in [0.5, 0.6) is 0 Å². The second-order valence-electron chi connectivity index (χ2n) is 6.67. The quantitative estimate of drug-likeness (QED) is 0.666. The molecule has 0 bridgehead atoms. The van der Waals surface area contributed by atoms with Gasteiger partial charge < -0.3 is 5.73 Å². The molecule has 1 nitrogen and oxygen atoms in total. The van der Waals surface area contributed by atoms with Gasteiger partial charge in [-0.2, -0.15) is 0 Å². The summed E-state index contributed by atoms with van der Waals surface area (Å²) >= 11 is 0. The van der Waals surface area contributed by atoms with Crippen LogP contribution in [0.1, 0.15) is 23.1 Å². The number of benzene rings is 3. The Morgan fingerprint density at radius 1 is 0.542 bits per heavy atom. The molecule has 0 fully saturated rings. The summed E-state index contributed by atoms with van der Waals surface area (Å²) < 4.78 is 0. The molecular formula is C23H25N. The van der Waals surface area contributed by atoms with E-state index in [1.54, 1.807) is 0 Å².